The Kier molecular flexibility index (Phi) is 3.84. The summed E-state index contributed by atoms with van der Waals surface area (Å²) >= 11 is 0. The molecule has 1 aliphatic heterocycles. The molecule has 2 heterocycles. The number of nitrogens with zero attached hydrogens (tertiary/aromatic N) is 2. The number of nitrogens with two attached hydrogens (primary N) is 1. The van der Waals surface area contributed by atoms with Crippen LogP contribution in [0.2, 0.25) is 0 Å². The fourth-order valence-electron chi connectivity index (χ4n) is 3.06. The van der Waals surface area contributed by atoms with Crippen molar-refractivity contribution in [1.29, 1.82) is 0 Å². The van der Waals surface area contributed by atoms with Crippen LogP contribution in [0.5, 0.6) is 11.5 Å². The van der Waals surface area contributed by atoms with Crippen molar-refractivity contribution in [3.8, 4) is 11.5 Å². The standard InChI is InChI=1S/C16H21N3O2/c1-3-19-16(14(20-2)10-18-19)15(17)12-8-9-21-13-7-5-4-6-11(12)13/h4-7,10,12,15H,3,8-9,17H2,1-2H3. The minimum atomic E-state index is -0.160. The molecule has 0 spiro atoms. The number of ether oxygens (including phenoxy) is 2. The van der Waals surface area contributed by atoms with Gasteiger partial charge in [0, 0.05) is 12.5 Å². The highest BCUT2D eigenvalue weighted by molar-refractivity contribution is 5.41. The van der Waals surface area contributed by atoms with Gasteiger partial charge in [0.2, 0.25) is 0 Å². The van der Waals surface area contributed by atoms with Gasteiger partial charge in [0.05, 0.1) is 31.6 Å². The van der Waals surface area contributed by atoms with E-state index in [4.69, 9.17) is 15.2 Å². The highest BCUT2D eigenvalue weighted by Gasteiger charge is 2.31. The molecule has 5 nitrogen and oxygen atoms in total. The van der Waals surface area contributed by atoms with Gasteiger partial charge in [-0.3, -0.25) is 4.68 Å². The lowest BCUT2D eigenvalue weighted by molar-refractivity contribution is 0.252. The van der Waals surface area contributed by atoms with E-state index in [1.165, 1.54) is 5.56 Å². The number of hydrogen-bond acceptors (Lipinski definition) is 4. The van der Waals surface area contributed by atoms with E-state index in [1.54, 1.807) is 13.3 Å². The van der Waals surface area contributed by atoms with Gasteiger partial charge < -0.3 is 15.2 Å². The molecular formula is C16H21N3O2. The number of para-hydroxylation sites is 1. The highest BCUT2D eigenvalue weighted by atomic mass is 16.5. The van der Waals surface area contributed by atoms with E-state index in [0.29, 0.717) is 6.61 Å². The van der Waals surface area contributed by atoms with Crippen LogP contribution in [-0.4, -0.2) is 23.5 Å². The van der Waals surface area contributed by atoms with Crippen LogP contribution >= 0.6 is 0 Å². The first-order valence-corrected chi connectivity index (χ1v) is 7.33. The van der Waals surface area contributed by atoms with Gasteiger partial charge in [-0.2, -0.15) is 5.10 Å². The fraction of sp³-hybridized carbons (Fsp3) is 0.438. The molecule has 0 radical (unpaired) electrons. The van der Waals surface area contributed by atoms with E-state index in [0.717, 1.165) is 30.2 Å². The summed E-state index contributed by atoms with van der Waals surface area (Å²) < 4.78 is 13.1. The molecule has 2 N–H and O–H groups in total. The Balaban J connectivity index is 2.00. The van der Waals surface area contributed by atoms with Crippen LogP contribution < -0.4 is 15.2 Å². The summed E-state index contributed by atoms with van der Waals surface area (Å²) in [6.07, 6.45) is 2.64. The van der Waals surface area contributed by atoms with Crippen molar-refractivity contribution in [2.24, 2.45) is 5.73 Å². The van der Waals surface area contributed by atoms with E-state index in [-0.39, 0.29) is 12.0 Å². The lowest BCUT2D eigenvalue weighted by atomic mass is 9.85. The molecule has 21 heavy (non-hydrogen) atoms. The molecule has 2 aromatic rings. The number of aryl methyl sites for hydroxylation is 1. The third-order valence-electron chi connectivity index (χ3n) is 4.12. The summed E-state index contributed by atoms with van der Waals surface area (Å²) in [6.45, 7) is 3.52. The average molecular weight is 287 g/mol. The summed E-state index contributed by atoms with van der Waals surface area (Å²) in [5.74, 6) is 1.91. The van der Waals surface area contributed by atoms with Crippen LogP contribution in [0.25, 0.3) is 0 Å². The summed E-state index contributed by atoms with van der Waals surface area (Å²) in [7, 11) is 1.66. The highest BCUT2D eigenvalue weighted by Crippen LogP contribution is 2.42. The summed E-state index contributed by atoms with van der Waals surface area (Å²) in [5, 5.41) is 4.36. The molecule has 3 rings (SSSR count). The maximum Gasteiger partial charge on any atom is 0.161 e. The first-order chi connectivity index (χ1) is 10.3. The molecule has 1 aromatic heterocycles. The molecule has 2 atom stereocenters. The third kappa shape index (κ3) is 2.38. The SMILES string of the molecule is CCn1ncc(OC)c1C(N)C1CCOc2ccccc21. The van der Waals surface area contributed by atoms with Crippen molar-refractivity contribution in [3.63, 3.8) is 0 Å². The van der Waals surface area contributed by atoms with Crippen LogP contribution in [-0.2, 0) is 6.54 Å². The second kappa shape index (κ2) is 5.77. The Labute approximate surface area is 124 Å². The minimum Gasteiger partial charge on any atom is -0.493 e. The van der Waals surface area contributed by atoms with Crippen molar-refractivity contribution in [3.05, 3.63) is 41.7 Å². The molecule has 0 fully saturated rings. The number of rotatable bonds is 4. The number of benzene rings is 1. The van der Waals surface area contributed by atoms with Crippen molar-refractivity contribution < 1.29 is 9.47 Å². The smallest absolute Gasteiger partial charge is 0.161 e. The van der Waals surface area contributed by atoms with Gasteiger partial charge in [0.1, 0.15) is 5.75 Å². The minimum absolute atomic E-state index is 0.160. The number of aromatic nitrogens is 2. The molecule has 2 unspecified atom stereocenters. The van der Waals surface area contributed by atoms with Gasteiger partial charge in [-0.15, -0.1) is 0 Å². The Morgan fingerprint density at radius 1 is 1.48 bits per heavy atom. The van der Waals surface area contributed by atoms with Gasteiger partial charge in [-0.1, -0.05) is 18.2 Å². The number of methoxy groups -OCH3 is 1. The molecule has 1 aliphatic rings. The van der Waals surface area contributed by atoms with Gasteiger partial charge in [-0.05, 0) is 25.0 Å². The monoisotopic (exact) mass is 287 g/mol. The lowest BCUT2D eigenvalue weighted by Crippen LogP contribution is -2.27. The molecule has 0 saturated carbocycles. The molecule has 1 aromatic carbocycles. The predicted octanol–water partition coefficient (Wildman–Crippen LogP) is 2.48. The molecular weight excluding hydrogens is 266 g/mol. The second-order valence-corrected chi connectivity index (χ2v) is 5.22. The largest absolute Gasteiger partial charge is 0.493 e. The van der Waals surface area contributed by atoms with Crippen LogP contribution in [0.1, 0.15) is 36.6 Å². The van der Waals surface area contributed by atoms with E-state index < -0.39 is 0 Å². The average Bonchev–Trinajstić information content (AvgIpc) is 2.96. The molecule has 5 heteroatoms. The van der Waals surface area contributed by atoms with Crippen LogP contribution in [0.15, 0.2) is 30.5 Å². The number of fused-ring (bicyclic) bond motifs is 1. The third-order valence-corrected chi connectivity index (χ3v) is 4.12. The van der Waals surface area contributed by atoms with Gasteiger partial charge in [-0.25, -0.2) is 0 Å². The lowest BCUT2D eigenvalue weighted by Gasteiger charge is -2.30. The zero-order valence-electron chi connectivity index (χ0n) is 12.5. The van der Waals surface area contributed by atoms with Crippen molar-refractivity contribution in [1.82, 2.24) is 9.78 Å². The maximum atomic E-state index is 6.59. The topological polar surface area (TPSA) is 62.3 Å². The Morgan fingerprint density at radius 2 is 2.29 bits per heavy atom. The Morgan fingerprint density at radius 3 is 3.05 bits per heavy atom. The maximum absolute atomic E-state index is 6.59. The fourth-order valence-corrected chi connectivity index (χ4v) is 3.06. The van der Waals surface area contributed by atoms with Crippen LogP contribution in [0.4, 0.5) is 0 Å². The van der Waals surface area contributed by atoms with E-state index in [9.17, 15) is 0 Å². The number of hydrogen-bond donors (Lipinski definition) is 1. The van der Waals surface area contributed by atoms with Gasteiger partial charge >= 0.3 is 0 Å². The molecule has 0 bridgehead atoms. The van der Waals surface area contributed by atoms with Crippen molar-refractivity contribution in [2.75, 3.05) is 13.7 Å². The predicted molar refractivity (Wildman–Crippen MR) is 80.7 cm³/mol. The molecule has 112 valence electrons. The Hall–Kier alpha value is -2.01. The van der Waals surface area contributed by atoms with E-state index >= 15 is 0 Å². The van der Waals surface area contributed by atoms with Crippen molar-refractivity contribution >= 4 is 0 Å². The quantitative estimate of drug-likeness (QED) is 0.938. The normalized spacial score (nSPS) is 18.7. The first-order valence-electron chi connectivity index (χ1n) is 7.33. The zero-order valence-corrected chi connectivity index (χ0v) is 12.5. The summed E-state index contributed by atoms with van der Waals surface area (Å²) in [4.78, 5) is 0. The Bertz CT molecular complexity index is 602. The van der Waals surface area contributed by atoms with Gasteiger partial charge in [0.25, 0.3) is 0 Å². The van der Waals surface area contributed by atoms with Gasteiger partial charge in [0.15, 0.2) is 5.75 Å². The zero-order chi connectivity index (χ0) is 14.8. The first kappa shape index (κ1) is 13.9. The molecule has 0 saturated heterocycles. The van der Waals surface area contributed by atoms with Crippen LogP contribution in [0.3, 0.4) is 0 Å². The van der Waals surface area contributed by atoms with E-state index in [1.807, 2.05) is 22.9 Å². The summed E-state index contributed by atoms with van der Waals surface area (Å²) in [6, 6.07) is 7.96. The summed E-state index contributed by atoms with van der Waals surface area (Å²) in [5.41, 5.74) is 8.71. The van der Waals surface area contributed by atoms with E-state index in [2.05, 4.69) is 18.1 Å². The molecule has 0 amide bonds. The van der Waals surface area contributed by atoms with Crippen molar-refractivity contribution in [2.45, 2.75) is 31.8 Å². The molecule has 0 aliphatic carbocycles. The van der Waals surface area contributed by atoms with Crippen LogP contribution in [0, 0.1) is 0 Å². The second-order valence-electron chi connectivity index (χ2n) is 5.22.